The highest BCUT2D eigenvalue weighted by atomic mass is 16.6. The predicted molar refractivity (Wildman–Crippen MR) is 98.3 cm³/mol. The molecule has 9 nitrogen and oxygen atoms in total. The molecule has 0 atom stereocenters. The molecule has 0 aliphatic carbocycles. The van der Waals surface area contributed by atoms with Gasteiger partial charge in [-0.1, -0.05) is 23.4 Å². The van der Waals surface area contributed by atoms with Crippen LogP contribution in [0, 0.1) is 17.0 Å². The van der Waals surface area contributed by atoms with Crippen LogP contribution in [0.5, 0.6) is 5.75 Å². The van der Waals surface area contributed by atoms with E-state index in [1.807, 2.05) is 13.0 Å². The quantitative estimate of drug-likeness (QED) is 0.529. The van der Waals surface area contributed by atoms with Crippen molar-refractivity contribution in [2.75, 3.05) is 11.9 Å². The minimum Gasteiger partial charge on any atom is -0.492 e. The molecule has 1 N–H and O–H groups in total. The Hall–Kier alpha value is -3.75. The minimum absolute atomic E-state index is 0.0703. The van der Waals surface area contributed by atoms with Gasteiger partial charge in [-0.05, 0) is 32.0 Å². The fourth-order valence-corrected chi connectivity index (χ4v) is 2.56. The van der Waals surface area contributed by atoms with E-state index in [0.717, 1.165) is 0 Å². The molecular formula is C18H17N5O4. The number of ether oxygens (including phenoxy) is 1. The lowest BCUT2D eigenvalue weighted by atomic mass is 10.2. The maximum Gasteiger partial charge on any atom is 0.278 e. The van der Waals surface area contributed by atoms with Crippen LogP contribution < -0.4 is 10.1 Å². The first-order valence-electron chi connectivity index (χ1n) is 8.21. The zero-order chi connectivity index (χ0) is 19.4. The van der Waals surface area contributed by atoms with Gasteiger partial charge in [0.25, 0.3) is 11.6 Å². The van der Waals surface area contributed by atoms with Crippen molar-refractivity contribution in [2.45, 2.75) is 13.8 Å². The number of hydrogen-bond donors (Lipinski definition) is 1. The number of carbonyl (C=O) groups is 1. The van der Waals surface area contributed by atoms with Gasteiger partial charge in [-0.3, -0.25) is 14.9 Å². The Morgan fingerprint density at radius 3 is 2.78 bits per heavy atom. The lowest BCUT2D eigenvalue weighted by Crippen LogP contribution is -2.15. The van der Waals surface area contributed by atoms with Crippen LogP contribution in [0.25, 0.3) is 5.69 Å². The summed E-state index contributed by atoms with van der Waals surface area (Å²) in [5, 5.41) is 21.6. The summed E-state index contributed by atoms with van der Waals surface area (Å²) in [7, 11) is 0. The average Bonchev–Trinajstić information content (AvgIpc) is 3.05. The first-order chi connectivity index (χ1) is 13.0. The van der Waals surface area contributed by atoms with Crippen LogP contribution in [0.1, 0.15) is 23.1 Å². The fraction of sp³-hybridized carbons (Fsp3) is 0.167. The zero-order valence-corrected chi connectivity index (χ0v) is 14.7. The molecule has 2 aromatic carbocycles. The average molecular weight is 367 g/mol. The van der Waals surface area contributed by atoms with Crippen molar-refractivity contribution in [3.8, 4) is 11.4 Å². The third kappa shape index (κ3) is 3.76. The smallest absolute Gasteiger partial charge is 0.278 e. The summed E-state index contributed by atoms with van der Waals surface area (Å²) in [5.41, 5.74) is 1.48. The van der Waals surface area contributed by atoms with E-state index in [1.165, 1.54) is 16.8 Å². The van der Waals surface area contributed by atoms with Gasteiger partial charge >= 0.3 is 0 Å². The van der Waals surface area contributed by atoms with Crippen LogP contribution in [0.15, 0.2) is 48.5 Å². The van der Waals surface area contributed by atoms with Gasteiger partial charge in [-0.25, -0.2) is 4.68 Å². The summed E-state index contributed by atoms with van der Waals surface area (Å²) in [5.74, 6) is 0.105. The molecule has 27 heavy (non-hydrogen) atoms. The molecule has 1 aromatic heterocycles. The molecule has 0 radical (unpaired) electrons. The number of nitrogens with zero attached hydrogens (tertiary/aromatic N) is 4. The molecular weight excluding hydrogens is 350 g/mol. The minimum atomic E-state index is -0.492. The van der Waals surface area contributed by atoms with Crippen LogP contribution in [0.3, 0.4) is 0 Å². The van der Waals surface area contributed by atoms with Gasteiger partial charge in [0.05, 0.1) is 28.6 Å². The number of nitro groups is 1. The Morgan fingerprint density at radius 1 is 1.26 bits per heavy atom. The number of carbonyl (C=O) groups excluding carboxylic acids is 1. The maximum absolute atomic E-state index is 12.6. The second kappa shape index (κ2) is 7.65. The predicted octanol–water partition coefficient (Wildman–Crippen LogP) is 3.13. The van der Waals surface area contributed by atoms with Crippen LogP contribution in [-0.4, -0.2) is 32.4 Å². The number of hydrogen-bond acceptors (Lipinski definition) is 6. The van der Waals surface area contributed by atoms with E-state index in [-0.39, 0.29) is 11.4 Å². The third-order valence-electron chi connectivity index (χ3n) is 3.83. The number of non-ortho nitro benzene ring substituents is 1. The topological polar surface area (TPSA) is 112 Å². The maximum atomic E-state index is 12.6. The van der Waals surface area contributed by atoms with Gasteiger partial charge < -0.3 is 10.1 Å². The van der Waals surface area contributed by atoms with E-state index in [9.17, 15) is 14.9 Å². The van der Waals surface area contributed by atoms with Crippen molar-refractivity contribution in [1.29, 1.82) is 0 Å². The summed E-state index contributed by atoms with van der Waals surface area (Å²) in [6, 6.07) is 13.0. The zero-order valence-electron chi connectivity index (χ0n) is 14.7. The number of nitrogens with one attached hydrogen (secondary N) is 1. The standard InChI is InChI=1S/C18H17N5O4/c1-3-27-16-10-5-4-9-15(16)19-18(24)17-12(2)22(21-20-17)13-7-6-8-14(11-13)23(25)26/h4-11H,3H2,1-2H3,(H,19,24). The van der Waals surface area contributed by atoms with Crippen molar-refractivity contribution in [2.24, 2.45) is 0 Å². The van der Waals surface area contributed by atoms with Crippen molar-refractivity contribution in [1.82, 2.24) is 15.0 Å². The summed E-state index contributed by atoms with van der Waals surface area (Å²) >= 11 is 0. The normalized spacial score (nSPS) is 10.4. The van der Waals surface area contributed by atoms with Crippen molar-refractivity contribution >= 4 is 17.3 Å². The van der Waals surface area contributed by atoms with Gasteiger partial charge in [-0.15, -0.1) is 5.10 Å². The van der Waals surface area contributed by atoms with Gasteiger partial charge in [0, 0.05) is 12.1 Å². The summed E-state index contributed by atoms with van der Waals surface area (Å²) in [6.45, 7) is 3.99. The summed E-state index contributed by atoms with van der Waals surface area (Å²) in [4.78, 5) is 23.1. The molecule has 3 aromatic rings. The van der Waals surface area contributed by atoms with Gasteiger partial charge in [0.15, 0.2) is 5.69 Å². The van der Waals surface area contributed by atoms with E-state index >= 15 is 0 Å². The van der Waals surface area contributed by atoms with Crippen molar-refractivity contribution in [3.05, 3.63) is 70.0 Å². The highest BCUT2D eigenvalue weighted by molar-refractivity contribution is 6.04. The van der Waals surface area contributed by atoms with Crippen LogP contribution in [-0.2, 0) is 0 Å². The fourth-order valence-electron chi connectivity index (χ4n) is 2.56. The molecule has 0 fully saturated rings. The van der Waals surface area contributed by atoms with E-state index in [0.29, 0.717) is 29.4 Å². The highest BCUT2D eigenvalue weighted by Crippen LogP contribution is 2.25. The second-order valence-corrected chi connectivity index (χ2v) is 5.60. The molecule has 0 saturated carbocycles. The highest BCUT2D eigenvalue weighted by Gasteiger charge is 2.19. The Labute approximate surface area is 154 Å². The molecule has 3 rings (SSSR count). The van der Waals surface area contributed by atoms with Crippen LogP contribution in [0.2, 0.25) is 0 Å². The number of aromatic nitrogens is 3. The Bertz CT molecular complexity index is 999. The Morgan fingerprint density at radius 2 is 2.04 bits per heavy atom. The molecule has 0 aliphatic heterocycles. The molecule has 0 bridgehead atoms. The number of rotatable bonds is 6. The van der Waals surface area contributed by atoms with E-state index in [2.05, 4.69) is 15.6 Å². The molecule has 1 heterocycles. The van der Waals surface area contributed by atoms with E-state index in [1.54, 1.807) is 37.3 Å². The van der Waals surface area contributed by atoms with Crippen LogP contribution >= 0.6 is 0 Å². The largest absolute Gasteiger partial charge is 0.492 e. The monoisotopic (exact) mass is 367 g/mol. The summed E-state index contributed by atoms with van der Waals surface area (Å²) < 4.78 is 6.88. The number of benzene rings is 2. The number of amides is 1. The van der Waals surface area contributed by atoms with Crippen LogP contribution in [0.4, 0.5) is 11.4 Å². The molecule has 0 aliphatic rings. The van der Waals surface area contributed by atoms with Gasteiger partial charge in [0.2, 0.25) is 0 Å². The first kappa shape index (κ1) is 18.1. The first-order valence-corrected chi connectivity index (χ1v) is 8.21. The molecule has 138 valence electrons. The van der Waals surface area contributed by atoms with Gasteiger partial charge in [0.1, 0.15) is 5.75 Å². The Kier molecular flexibility index (Phi) is 5.11. The van der Waals surface area contributed by atoms with Crippen molar-refractivity contribution < 1.29 is 14.5 Å². The number of nitro benzene ring substituents is 1. The molecule has 0 saturated heterocycles. The van der Waals surface area contributed by atoms with Gasteiger partial charge in [-0.2, -0.15) is 0 Å². The molecule has 9 heteroatoms. The third-order valence-corrected chi connectivity index (χ3v) is 3.83. The summed E-state index contributed by atoms with van der Waals surface area (Å²) in [6.07, 6.45) is 0. The SMILES string of the molecule is CCOc1ccccc1NC(=O)c1nnn(-c2cccc([N+](=O)[O-])c2)c1C. The molecule has 1 amide bonds. The Balaban J connectivity index is 1.88. The van der Waals surface area contributed by atoms with E-state index in [4.69, 9.17) is 4.74 Å². The number of anilines is 1. The lowest BCUT2D eigenvalue weighted by molar-refractivity contribution is -0.384. The second-order valence-electron chi connectivity index (χ2n) is 5.60. The van der Waals surface area contributed by atoms with Crippen molar-refractivity contribution in [3.63, 3.8) is 0 Å². The lowest BCUT2D eigenvalue weighted by Gasteiger charge is -2.10. The van der Waals surface area contributed by atoms with E-state index < -0.39 is 10.8 Å². The molecule has 0 unspecified atom stereocenters. The molecule has 0 spiro atoms. The number of para-hydroxylation sites is 2.